The molecule has 0 fully saturated rings. The van der Waals surface area contributed by atoms with Gasteiger partial charge in [-0.2, -0.15) is 10.1 Å². The van der Waals surface area contributed by atoms with E-state index in [4.69, 9.17) is 4.52 Å². The predicted molar refractivity (Wildman–Crippen MR) is 95.6 cm³/mol. The van der Waals surface area contributed by atoms with Crippen LogP contribution in [0.3, 0.4) is 0 Å². The lowest BCUT2D eigenvalue weighted by Gasteiger charge is -2.04. The third-order valence-corrected chi connectivity index (χ3v) is 4.17. The first-order chi connectivity index (χ1) is 12.6. The second-order valence-electron chi connectivity index (χ2n) is 6.07. The quantitative estimate of drug-likeness (QED) is 0.576. The van der Waals surface area contributed by atoms with Crippen molar-refractivity contribution in [3.63, 3.8) is 0 Å². The molecule has 1 aromatic carbocycles. The van der Waals surface area contributed by atoms with Gasteiger partial charge in [0.05, 0.1) is 12.2 Å². The standard InChI is InChI=1S/C18H18N6O2/c1-11-10-12(2)24(22-11)9-8-20-17(25)18-21-16(23-26-18)14-4-3-5-15-13(14)6-7-19-15/h3-7,10,19H,8-9H2,1-2H3,(H,20,25). The van der Waals surface area contributed by atoms with Gasteiger partial charge in [0.15, 0.2) is 0 Å². The first kappa shape index (κ1) is 16.1. The summed E-state index contributed by atoms with van der Waals surface area (Å²) in [6.45, 7) is 4.92. The molecule has 0 bridgehead atoms. The monoisotopic (exact) mass is 350 g/mol. The molecule has 0 spiro atoms. The van der Waals surface area contributed by atoms with Gasteiger partial charge in [0.25, 0.3) is 0 Å². The van der Waals surface area contributed by atoms with Gasteiger partial charge in [-0.25, -0.2) is 0 Å². The zero-order valence-electron chi connectivity index (χ0n) is 14.5. The maximum atomic E-state index is 12.2. The van der Waals surface area contributed by atoms with E-state index in [-0.39, 0.29) is 5.89 Å². The first-order valence-corrected chi connectivity index (χ1v) is 8.31. The van der Waals surface area contributed by atoms with Crippen molar-refractivity contribution in [2.45, 2.75) is 20.4 Å². The first-order valence-electron chi connectivity index (χ1n) is 8.31. The van der Waals surface area contributed by atoms with Crippen LogP contribution in [-0.2, 0) is 6.54 Å². The lowest BCUT2D eigenvalue weighted by atomic mass is 10.1. The summed E-state index contributed by atoms with van der Waals surface area (Å²) in [6, 6.07) is 9.69. The van der Waals surface area contributed by atoms with Crippen LogP contribution >= 0.6 is 0 Å². The number of H-pyrrole nitrogens is 1. The summed E-state index contributed by atoms with van der Waals surface area (Å²) in [7, 11) is 0. The molecule has 0 unspecified atom stereocenters. The molecule has 3 heterocycles. The summed E-state index contributed by atoms with van der Waals surface area (Å²) in [5.74, 6) is -0.0636. The van der Waals surface area contributed by atoms with Crippen LogP contribution in [0.4, 0.5) is 0 Å². The summed E-state index contributed by atoms with van der Waals surface area (Å²) in [5.41, 5.74) is 3.79. The predicted octanol–water partition coefficient (Wildman–Crippen LogP) is 2.46. The van der Waals surface area contributed by atoms with E-state index in [2.05, 4.69) is 25.5 Å². The Labute approximate surface area is 149 Å². The Kier molecular flexibility index (Phi) is 4.00. The van der Waals surface area contributed by atoms with Crippen LogP contribution in [0.15, 0.2) is 41.1 Å². The Hall–Kier alpha value is -3.42. The maximum Gasteiger partial charge on any atom is 0.316 e. The SMILES string of the molecule is Cc1cc(C)n(CCNC(=O)c2nc(-c3cccc4[nH]ccc34)no2)n1. The van der Waals surface area contributed by atoms with Crippen LogP contribution in [0.5, 0.6) is 0 Å². The fraction of sp³-hybridized carbons (Fsp3) is 0.222. The van der Waals surface area contributed by atoms with Gasteiger partial charge in [-0.15, -0.1) is 0 Å². The van der Waals surface area contributed by atoms with Crippen LogP contribution in [-0.4, -0.2) is 37.4 Å². The summed E-state index contributed by atoms with van der Waals surface area (Å²) in [6.07, 6.45) is 1.85. The minimum atomic E-state index is -0.397. The summed E-state index contributed by atoms with van der Waals surface area (Å²) < 4.78 is 6.98. The van der Waals surface area contributed by atoms with Gasteiger partial charge >= 0.3 is 11.8 Å². The average molecular weight is 350 g/mol. The smallest absolute Gasteiger partial charge is 0.316 e. The van der Waals surface area contributed by atoms with E-state index >= 15 is 0 Å². The number of nitrogens with one attached hydrogen (secondary N) is 2. The van der Waals surface area contributed by atoms with Crippen LogP contribution in [0.25, 0.3) is 22.3 Å². The molecule has 0 aliphatic heterocycles. The van der Waals surface area contributed by atoms with Gasteiger partial charge in [0, 0.05) is 34.9 Å². The number of aromatic amines is 1. The van der Waals surface area contributed by atoms with Crippen molar-refractivity contribution >= 4 is 16.8 Å². The van der Waals surface area contributed by atoms with E-state index in [1.165, 1.54) is 0 Å². The number of hydrogen-bond acceptors (Lipinski definition) is 5. The van der Waals surface area contributed by atoms with E-state index in [9.17, 15) is 4.79 Å². The summed E-state index contributed by atoms with van der Waals surface area (Å²) >= 11 is 0. The zero-order chi connectivity index (χ0) is 18.1. The van der Waals surface area contributed by atoms with Crippen LogP contribution < -0.4 is 5.32 Å². The Bertz CT molecular complexity index is 1070. The van der Waals surface area contributed by atoms with Gasteiger partial charge < -0.3 is 14.8 Å². The fourth-order valence-electron chi connectivity index (χ4n) is 2.96. The minimum absolute atomic E-state index is 0.0547. The van der Waals surface area contributed by atoms with Crippen molar-refractivity contribution in [2.24, 2.45) is 0 Å². The van der Waals surface area contributed by atoms with Gasteiger partial charge in [-0.1, -0.05) is 17.3 Å². The molecular weight excluding hydrogens is 332 g/mol. The summed E-state index contributed by atoms with van der Waals surface area (Å²) in [4.78, 5) is 19.6. The summed E-state index contributed by atoms with van der Waals surface area (Å²) in [5, 5.41) is 12.1. The topological polar surface area (TPSA) is 102 Å². The Morgan fingerprint density at radius 2 is 2.19 bits per heavy atom. The number of amides is 1. The number of carbonyl (C=O) groups is 1. The molecule has 0 saturated heterocycles. The Balaban J connectivity index is 1.45. The molecule has 1 amide bonds. The van der Waals surface area contributed by atoms with Gasteiger partial charge in [0.2, 0.25) is 5.82 Å². The number of fused-ring (bicyclic) bond motifs is 1. The highest BCUT2D eigenvalue weighted by molar-refractivity contribution is 5.94. The van der Waals surface area contributed by atoms with Gasteiger partial charge in [0.1, 0.15) is 0 Å². The molecule has 2 N–H and O–H groups in total. The van der Waals surface area contributed by atoms with E-state index in [1.54, 1.807) is 0 Å². The van der Waals surface area contributed by atoms with E-state index in [0.29, 0.717) is 18.9 Å². The normalized spacial score (nSPS) is 11.2. The van der Waals surface area contributed by atoms with Crippen LogP contribution in [0, 0.1) is 13.8 Å². The van der Waals surface area contributed by atoms with Gasteiger partial charge in [-0.3, -0.25) is 9.48 Å². The molecule has 0 atom stereocenters. The van der Waals surface area contributed by atoms with E-state index in [0.717, 1.165) is 27.9 Å². The highest BCUT2D eigenvalue weighted by atomic mass is 16.5. The second kappa shape index (κ2) is 6.47. The van der Waals surface area contributed by atoms with Gasteiger partial charge in [-0.05, 0) is 32.0 Å². The van der Waals surface area contributed by atoms with Crippen LogP contribution in [0.1, 0.15) is 22.1 Å². The third-order valence-electron chi connectivity index (χ3n) is 4.17. The fourth-order valence-corrected chi connectivity index (χ4v) is 2.96. The number of rotatable bonds is 5. The number of hydrogen-bond donors (Lipinski definition) is 2. The van der Waals surface area contributed by atoms with E-state index < -0.39 is 5.91 Å². The number of benzene rings is 1. The zero-order valence-corrected chi connectivity index (χ0v) is 14.5. The molecule has 8 nitrogen and oxygen atoms in total. The number of nitrogens with zero attached hydrogens (tertiary/aromatic N) is 4. The molecule has 0 saturated carbocycles. The third kappa shape index (κ3) is 2.97. The molecule has 26 heavy (non-hydrogen) atoms. The number of aryl methyl sites for hydroxylation is 2. The Morgan fingerprint density at radius 3 is 3.00 bits per heavy atom. The van der Waals surface area contributed by atoms with Crippen molar-refractivity contribution < 1.29 is 9.32 Å². The number of aromatic nitrogens is 5. The highest BCUT2D eigenvalue weighted by Gasteiger charge is 2.17. The minimum Gasteiger partial charge on any atom is -0.361 e. The molecule has 3 aromatic heterocycles. The molecular formula is C18H18N6O2. The van der Waals surface area contributed by atoms with Crippen molar-refractivity contribution in [3.8, 4) is 11.4 Å². The van der Waals surface area contributed by atoms with Crippen molar-refractivity contribution in [2.75, 3.05) is 6.54 Å². The molecule has 4 rings (SSSR count). The second-order valence-corrected chi connectivity index (χ2v) is 6.07. The van der Waals surface area contributed by atoms with Crippen LogP contribution in [0.2, 0.25) is 0 Å². The van der Waals surface area contributed by atoms with Crippen molar-refractivity contribution in [1.29, 1.82) is 0 Å². The Morgan fingerprint density at radius 1 is 1.31 bits per heavy atom. The molecule has 0 radical (unpaired) electrons. The molecule has 4 aromatic rings. The lowest BCUT2D eigenvalue weighted by Crippen LogP contribution is -2.28. The van der Waals surface area contributed by atoms with Crippen molar-refractivity contribution in [3.05, 3.63) is 53.8 Å². The number of carbonyl (C=O) groups excluding carboxylic acids is 1. The molecule has 8 heteroatoms. The largest absolute Gasteiger partial charge is 0.361 e. The lowest BCUT2D eigenvalue weighted by molar-refractivity contribution is 0.0908. The highest BCUT2D eigenvalue weighted by Crippen LogP contribution is 2.25. The molecule has 132 valence electrons. The van der Waals surface area contributed by atoms with Crippen molar-refractivity contribution in [1.82, 2.24) is 30.2 Å². The average Bonchev–Trinajstić information content (AvgIpc) is 3.34. The molecule has 0 aliphatic carbocycles. The maximum absolute atomic E-state index is 12.2. The van der Waals surface area contributed by atoms with E-state index in [1.807, 2.05) is 55.1 Å². The molecule has 0 aliphatic rings.